The van der Waals surface area contributed by atoms with Crippen LogP contribution in [0.5, 0.6) is 0 Å². The van der Waals surface area contributed by atoms with Crippen LogP contribution in [0.25, 0.3) is 0 Å². The molecule has 0 bridgehead atoms. The van der Waals surface area contributed by atoms with Crippen molar-refractivity contribution < 1.29 is 9.13 Å². The molecule has 1 saturated heterocycles. The molecule has 2 unspecified atom stereocenters. The Morgan fingerprint density at radius 2 is 2.20 bits per heavy atom. The van der Waals surface area contributed by atoms with Gasteiger partial charge in [-0.25, -0.2) is 4.39 Å². The first-order valence-corrected chi connectivity index (χ1v) is 7.81. The Kier molecular flexibility index (Phi) is 5.99. The van der Waals surface area contributed by atoms with E-state index in [2.05, 4.69) is 18.3 Å². The third-order valence-electron chi connectivity index (χ3n) is 3.88. The summed E-state index contributed by atoms with van der Waals surface area (Å²) in [6.07, 6.45) is 5.86. The number of rotatable bonds is 6. The molecule has 1 aromatic carbocycles. The molecule has 2 rings (SSSR count). The average molecular weight is 279 g/mol. The number of hydrogen-bond donors (Lipinski definition) is 1. The van der Waals surface area contributed by atoms with Crippen LogP contribution in [0.1, 0.15) is 56.2 Å². The molecule has 0 radical (unpaired) electrons. The van der Waals surface area contributed by atoms with Crippen LogP contribution < -0.4 is 5.32 Å². The highest BCUT2D eigenvalue weighted by Gasteiger charge is 2.21. The Morgan fingerprint density at radius 1 is 1.35 bits per heavy atom. The second kappa shape index (κ2) is 7.75. The van der Waals surface area contributed by atoms with Crippen LogP contribution in [-0.4, -0.2) is 19.3 Å². The molecule has 0 saturated carbocycles. The lowest BCUT2D eigenvalue weighted by Gasteiger charge is -2.28. The highest BCUT2D eigenvalue weighted by Crippen LogP contribution is 2.26. The predicted molar refractivity (Wildman–Crippen MR) is 80.4 cm³/mol. The second-order valence-electron chi connectivity index (χ2n) is 5.79. The fourth-order valence-corrected chi connectivity index (χ4v) is 2.88. The smallest absolute Gasteiger partial charge is 0.123 e. The van der Waals surface area contributed by atoms with Gasteiger partial charge in [0, 0.05) is 12.6 Å². The van der Waals surface area contributed by atoms with Gasteiger partial charge < -0.3 is 10.1 Å². The van der Waals surface area contributed by atoms with Gasteiger partial charge in [0.2, 0.25) is 0 Å². The van der Waals surface area contributed by atoms with E-state index in [0.717, 1.165) is 43.5 Å². The Labute approximate surface area is 121 Å². The van der Waals surface area contributed by atoms with E-state index in [9.17, 15) is 4.39 Å². The molecular weight excluding hydrogens is 253 g/mol. The zero-order chi connectivity index (χ0) is 14.4. The van der Waals surface area contributed by atoms with Gasteiger partial charge in [-0.15, -0.1) is 0 Å². The molecule has 20 heavy (non-hydrogen) atoms. The number of hydrogen-bond acceptors (Lipinski definition) is 2. The monoisotopic (exact) mass is 279 g/mol. The molecule has 1 aliphatic heterocycles. The number of halogens is 1. The summed E-state index contributed by atoms with van der Waals surface area (Å²) >= 11 is 0. The lowest BCUT2D eigenvalue weighted by Crippen LogP contribution is -2.29. The van der Waals surface area contributed by atoms with Gasteiger partial charge in [-0.05, 0) is 68.8 Å². The molecule has 0 aromatic heterocycles. The van der Waals surface area contributed by atoms with Crippen LogP contribution in [0, 0.1) is 12.7 Å². The first-order chi connectivity index (χ1) is 9.69. The van der Waals surface area contributed by atoms with E-state index < -0.39 is 0 Å². The van der Waals surface area contributed by atoms with Gasteiger partial charge in [-0.2, -0.15) is 0 Å². The second-order valence-corrected chi connectivity index (χ2v) is 5.79. The van der Waals surface area contributed by atoms with E-state index in [1.165, 1.54) is 12.8 Å². The van der Waals surface area contributed by atoms with Crippen molar-refractivity contribution in [1.82, 2.24) is 5.32 Å². The van der Waals surface area contributed by atoms with E-state index in [0.29, 0.717) is 6.10 Å². The van der Waals surface area contributed by atoms with Crippen LogP contribution in [0.4, 0.5) is 4.39 Å². The maximum absolute atomic E-state index is 13.6. The number of benzene rings is 1. The van der Waals surface area contributed by atoms with E-state index in [-0.39, 0.29) is 11.9 Å². The summed E-state index contributed by atoms with van der Waals surface area (Å²) in [7, 11) is 0. The van der Waals surface area contributed by atoms with E-state index in [4.69, 9.17) is 4.74 Å². The van der Waals surface area contributed by atoms with Crippen molar-refractivity contribution in [3.63, 3.8) is 0 Å². The van der Waals surface area contributed by atoms with Crippen molar-refractivity contribution in [2.45, 2.75) is 58.1 Å². The molecule has 0 amide bonds. The topological polar surface area (TPSA) is 21.3 Å². The van der Waals surface area contributed by atoms with Crippen molar-refractivity contribution >= 4 is 0 Å². The van der Waals surface area contributed by atoms with E-state index in [1.807, 2.05) is 6.92 Å². The van der Waals surface area contributed by atoms with Gasteiger partial charge in [0.15, 0.2) is 0 Å². The Balaban J connectivity index is 2.08. The van der Waals surface area contributed by atoms with Gasteiger partial charge in [0.25, 0.3) is 0 Å². The Bertz CT molecular complexity index is 395. The average Bonchev–Trinajstić information content (AvgIpc) is 2.43. The van der Waals surface area contributed by atoms with Crippen molar-refractivity contribution in [2.75, 3.05) is 13.2 Å². The molecule has 2 nitrogen and oxygen atoms in total. The highest BCUT2D eigenvalue weighted by atomic mass is 19.1. The summed E-state index contributed by atoms with van der Waals surface area (Å²) in [6, 6.07) is 5.51. The fraction of sp³-hybridized carbons (Fsp3) is 0.647. The molecule has 3 heteroatoms. The third kappa shape index (κ3) is 4.57. The first-order valence-electron chi connectivity index (χ1n) is 7.81. The summed E-state index contributed by atoms with van der Waals surface area (Å²) in [5.74, 6) is -0.145. The van der Waals surface area contributed by atoms with Gasteiger partial charge >= 0.3 is 0 Å². The Hall–Kier alpha value is -0.930. The predicted octanol–water partition coefficient (Wildman–Crippen LogP) is 4.13. The van der Waals surface area contributed by atoms with Crippen molar-refractivity contribution in [3.05, 3.63) is 35.1 Å². The lowest BCUT2D eigenvalue weighted by molar-refractivity contribution is 0.00503. The number of ether oxygens (including phenoxy) is 1. The fourth-order valence-electron chi connectivity index (χ4n) is 2.88. The lowest BCUT2D eigenvalue weighted by atomic mass is 9.95. The zero-order valence-electron chi connectivity index (χ0n) is 12.6. The summed E-state index contributed by atoms with van der Waals surface area (Å²) in [5, 5.41) is 3.54. The van der Waals surface area contributed by atoms with Crippen LogP contribution in [0.2, 0.25) is 0 Å². The summed E-state index contributed by atoms with van der Waals surface area (Å²) < 4.78 is 19.5. The van der Waals surface area contributed by atoms with Gasteiger partial charge in [-0.1, -0.05) is 13.0 Å². The zero-order valence-corrected chi connectivity index (χ0v) is 12.6. The van der Waals surface area contributed by atoms with Crippen LogP contribution in [-0.2, 0) is 4.74 Å². The van der Waals surface area contributed by atoms with Crippen LogP contribution >= 0.6 is 0 Å². The summed E-state index contributed by atoms with van der Waals surface area (Å²) in [5.41, 5.74) is 2.03. The highest BCUT2D eigenvalue weighted by molar-refractivity contribution is 5.26. The Morgan fingerprint density at radius 3 is 2.85 bits per heavy atom. The minimum absolute atomic E-state index is 0.145. The minimum Gasteiger partial charge on any atom is -0.378 e. The molecule has 1 N–H and O–H groups in total. The molecule has 0 spiro atoms. The van der Waals surface area contributed by atoms with Gasteiger partial charge in [0.1, 0.15) is 5.82 Å². The molecule has 0 aliphatic carbocycles. The third-order valence-corrected chi connectivity index (χ3v) is 3.88. The maximum atomic E-state index is 13.6. The number of aryl methyl sites for hydroxylation is 1. The molecule has 2 atom stereocenters. The molecular formula is C17H26FNO. The molecule has 112 valence electrons. The van der Waals surface area contributed by atoms with Crippen molar-refractivity contribution in [2.24, 2.45) is 0 Å². The quantitative estimate of drug-likeness (QED) is 0.845. The maximum Gasteiger partial charge on any atom is 0.123 e. The molecule has 1 aromatic rings. The van der Waals surface area contributed by atoms with Crippen molar-refractivity contribution in [1.29, 1.82) is 0 Å². The number of nitrogens with one attached hydrogen (secondary N) is 1. The standard InChI is InChI=1S/C17H26FNO/c1-3-7-19-17(12-16-6-4-5-8-20-16)14-9-13(2)10-15(18)11-14/h9-11,16-17,19H,3-8,12H2,1-2H3. The normalized spacial score (nSPS) is 20.9. The van der Waals surface area contributed by atoms with E-state index >= 15 is 0 Å². The van der Waals surface area contributed by atoms with Crippen LogP contribution in [0.15, 0.2) is 18.2 Å². The minimum atomic E-state index is -0.145. The largest absolute Gasteiger partial charge is 0.378 e. The molecule has 1 aliphatic rings. The van der Waals surface area contributed by atoms with Gasteiger partial charge in [-0.3, -0.25) is 0 Å². The summed E-state index contributed by atoms with van der Waals surface area (Å²) in [6.45, 7) is 5.92. The summed E-state index contributed by atoms with van der Waals surface area (Å²) in [4.78, 5) is 0. The SMILES string of the molecule is CCCNC(CC1CCCCO1)c1cc(C)cc(F)c1. The van der Waals surface area contributed by atoms with Crippen molar-refractivity contribution in [3.8, 4) is 0 Å². The van der Waals surface area contributed by atoms with Crippen LogP contribution in [0.3, 0.4) is 0 Å². The van der Waals surface area contributed by atoms with Gasteiger partial charge in [0.05, 0.1) is 6.10 Å². The van der Waals surface area contributed by atoms with E-state index in [1.54, 1.807) is 12.1 Å². The first kappa shape index (κ1) is 15.5. The molecule has 1 fully saturated rings. The molecule has 1 heterocycles.